The molecule has 0 saturated heterocycles. The van der Waals surface area contributed by atoms with Crippen LogP contribution in [0.2, 0.25) is 0 Å². The molecule has 0 fully saturated rings. The van der Waals surface area contributed by atoms with Gasteiger partial charge in [0.15, 0.2) is 17.6 Å². The number of halogens is 1. The third kappa shape index (κ3) is 3.02. The number of carbonyl (C=O) groups is 1. The molecule has 1 N–H and O–H groups in total. The molecule has 1 heterocycles. The first-order valence-electron chi connectivity index (χ1n) is 6.61. The number of benzene rings is 1. The topological polar surface area (TPSA) is 85.2 Å². The summed E-state index contributed by atoms with van der Waals surface area (Å²) in [5.41, 5.74) is 0.560. The van der Waals surface area contributed by atoms with Gasteiger partial charge in [-0.25, -0.2) is 9.18 Å². The fraction of sp³-hybridized carbons (Fsp3) is 0.429. The zero-order valence-corrected chi connectivity index (χ0v) is 12.9. The summed E-state index contributed by atoms with van der Waals surface area (Å²) in [7, 11) is -1.94. The quantitative estimate of drug-likeness (QED) is 0.817. The third-order valence-electron chi connectivity index (χ3n) is 3.10. The monoisotopic (exact) mass is 329 g/mol. The summed E-state index contributed by atoms with van der Waals surface area (Å²) in [6.07, 6.45) is 0. The first kappa shape index (κ1) is 16.6. The summed E-state index contributed by atoms with van der Waals surface area (Å²) in [5.74, 6) is -3.34. The molecule has 8 heteroatoms. The summed E-state index contributed by atoms with van der Waals surface area (Å²) in [5, 5.41) is 12.0. The molecular weight excluding hydrogens is 313 g/mol. The van der Waals surface area contributed by atoms with Crippen LogP contribution in [0.4, 0.5) is 4.39 Å². The van der Waals surface area contributed by atoms with Crippen LogP contribution >= 0.6 is 0 Å². The van der Waals surface area contributed by atoms with Crippen LogP contribution < -0.4 is 0 Å². The molecule has 22 heavy (non-hydrogen) atoms. The first-order valence-corrected chi connectivity index (χ1v) is 7.83. The second-order valence-electron chi connectivity index (χ2n) is 4.76. The van der Waals surface area contributed by atoms with Crippen molar-refractivity contribution in [3.63, 3.8) is 0 Å². The third-order valence-corrected chi connectivity index (χ3v) is 4.86. The van der Waals surface area contributed by atoms with Crippen LogP contribution in [0.3, 0.4) is 0 Å². The molecule has 1 aromatic rings. The van der Waals surface area contributed by atoms with E-state index in [0.717, 1.165) is 5.56 Å². The van der Waals surface area contributed by atoms with Crippen molar-refractivity contribution < 1.29 is 28.1 Å². The Kier molecular flexibility index (Phi) is 4.92. The SMILES string of the molecule is CCOC(=O)C1=NOC(O)(CF)C1[S@@](=O)c1ccc(C)cc1. The Morgan fingerprint density at radius 1 is 1.50 bits per heavy atom. The average Bonchev–Trinajstić information content (AvgIpc) is 2.86. The normalized spacial score (nSPS) is 25.3. The number of hydrogen-bond donors (Lipinski definition) is 1. The van der Waals surface area contributed by atoms with E-state index in [2.05, 4.69) is 9.99 Å². The van der Waals surface area contributed by atoms with Gasteiger partial charge in [-0.3, -0.25) is 4.21 Å². The van der Waals surface area contributed by atoms with Crippen molar-refractivity contribution in [2.24, 2.45) is 5.16 Å². The van der Waals surface area contributed by atoms with Crippen molar-refractivity contribution in [1.29, 1.82) is 0 Å². The Hall–Kier alpha value is -1.80. The maximum atomic E-state index is 13.2. The van der Waals surface area contributed by atoms with E-state index in [1.807, 2.05) is 6.92 Å². The van der Waals surface area contributed by atoms with Gasteiger partial charge in [0.25, 0.3) is 5.79 Å². The number of alkyl halides is 1. The highest BCUT2D eigenvalue weighted by Crippen LogP contribution is 2.30. The molecule has 0 saturated carbocycles. The number of rotatable bonds is 5. The number of oxime groups is 1. The molecule has 1 aliphatic heterocycles. The van der Waals surface area contributed by atoms with Crippen LogP contribution in [0.15, 0.2) is 34.3 Å². The molecule has 1 aromatic carbocycles. The van der Waals surface area contributed by atoms with E-state index in [-0.39, 0.29) is 12.3 Å². The second kappa shape index (κ2) is 6.53. The number of carbonyl (C=O) groups excluding carboxylic acids is 1. The molecule has 1 aliphatic rings. The molecule has 0 spiro atoms. The maximum absolute atomic E-state index is 13.2. The van der Waals surface area contributed by atoms with Crippen LogP contribution in [0.5, 0.6) is 0 Å². The summed E-state index contributed by atoms with van der Waals surface area (Å²) in [6.45, 7) is 2.15. The molecule has 2 rings (SSSR count). The molecule has 120 valence electrons. The van der Waals surface area contributed by atoms with Gasteiger partial charge >= 0.3 is 5.97 Å². The Morgan fingerprint density at radius 2 is 2.14 bits per heavy atom. The van der Waals surface area contributed by atoms with E-state index in [9.17, 15) is 18.5 Å². The number of nitrogens with zero attached hydrogens (tertiary/aromatic N) is 1. The lowest BCUT2D eigenvalue weighted by molar-refractivity contribution is -0.191. The van der Waals surface area contributed by atoms with E-state index >= 15 is 0 Å². The highest BCUT2D eigenvalue weighted by Gasteiger charge is 2.54. The van der Waals surface area contributed by atoms with E-state index in [4.69, 9.17) is 4.74 Å². The Labute approximate surface area is 129 Å². The van der Waals surface area contributed by atoms with Crippen molar-refractivity contribution in [2.75, 3.05) is 13.3 Å². The Balaban J connectivity index is 2.37. The Bertz CT molecular complexity index is 618. The first-order chi connectivity index (χ1) is 10.4. The lowest BCUT2D eigenvalue weighted by atomic mass is 10.1. The van der Waals surface area contributed by atoms with Crippen LogP contribution in [-0.4, -0.2) is 45.3 Å². The van der Waals surface area contributed by atoms with Gasteiger partial charge in [0.1, 0.15) is 0 Å². The van der Waals surface area contributed by atoms with Crippen molar-refractivity contribution in [3.8, 4) is 0 Å². The lowest BCUT2D eigenvalue weighted by Gasteiger charge is -2.23. The minimum Gasteiger partial charge on any atom is -0.461 e. The smallest absolute Gasteiger partial charge is 0.357 e. The maximum Gasteiger partial charge on any atom is 0.357 e. The standard InChI is InChI=1S/C14H16FNO5S/c1-3-20-13(17)11-12(14(18,8-15)21-16-11)22(19)10-6-4-9(2)5-7-10/h4-7,12,18H,3,8H2,1-2H3/t12?,14?,22-/m0/s1. The molecule has 6 nitrogen and oxygen atoms in total. The highest BCUT2D eigenvalue weighted by atomic mass is 32.2. The van der Waals surface area contributed by atoms with E-state index in [1.165, 1.54) is 0 Å². The second-order valence-corrected chi connectivity index (χ2v) is 6.29. The molecule has 0 radical (unpaired) electrons. The van der Waals surface area contributed by atoms with Gasteiger partial charge < -0.3 is 14.7 Å². The molecule has 0 aromatic heterocycles. The number of aliphatic hydroxyl groups is 1. The zero-order chi connectivity index (χ0) is 16.3. The van der Waals surface area contributed by atoms with Gasteiger partial charge in [0.2, 0.25) is 0 Å². The van der Waals surface area contributed by atoms with Crippen molar-refractivity contribution in [1.82, 2.24) is 0 Å². The van der Waals surface area contributed by atoms with E-state index < -0.39 is 34.5 Å². The molecule has 0 amide bonds. The fourth-order valence-corrected chi connectivity index (χ4v) is 3.42. The minimum absolute atomic E-state index is 0.0653. The summed E-state index contributed by atoms with van der Waals surface area (Å²) in [6, 6.07) is 6.59. The molecule has 3 atom stereocenters. The van der Waals surface area contributed by atoms with Crippen molar-refractivity contribution in [2.45, 2.75) is 29.8 Å². The molecule has 0 bridgehead atoms. The summed E-state index contributed by atoms with van der Waals surface area (Å²) >= 11 is 0. The Morgan fingerprint density at radius 3 is 2.68 bits per heavy atom. The molecule has 0 aliphatic carbocycles. The minimum atomic E-state index is -2.45. The number of ether oxygens (including phenoxy) is 1. The van der Waals surface area contributed by atoms with Gasteiger partial charge in [-0.1, -0.05) is 22.9 Å². The van der Waals surface area contributed by atoms with Gasteiger partial charge in [-0.15, -0.1) is 0 Å². The molecule has 2 unspecified atom stereocenters. The van der Waals surface area contributed by atoms with Gasteiger partial charge in [-0.2, -0.15) is 0 Å². The van der Waals surface area contributed by atoms with Crippen LogP contribution in [0.25, 0.3) is 0 Å². The van der Waals surface area contributed by atoms with E-state index in [1.54, 1.807) is 31.2 Å². The van der Waals surface area contributed by atoms with Crippen molar-refractivity contribution >= 4 is 22.5 Å². The van der Waals surface area contributed by atoms with Crippen LogP contribution in [-0.2, 0) is 25.2 Å². The van der Waals surface area contributed by atoms with E-state index in [0.29, 0.717) is 4.90 Å². The molecular formula is C14H16FNO5S. The van der Waals surface area contributed by atoms with Gasteiger partial charge in [0, 0.05) is 4.90 Å². The fourth-order valence-electron chi connectivity index (χ4n) is 1.96. The highest BCUT2D eigenvalue weighted by molar-refractivity contribution is 7.86. The average molecular weight is 329 g/mol. The number of hydrogen-bond acceptors (Lipinski definition) is 6. The van der Waals surface area contributed by atoms with Crippen molar-refractivity contribution in [3.05, 3.63) is 29.8 Å². The van der Waals surface area contributed by atoms with Crippen LogP contribution in [0.1, 0.15) is 12.5 Å². The predicted molar refractivity (Wildman–Crippen MR) is 77.5 cm³/mol. The number of esters is 1. The van der Waals surface area contributed by atoms with Gasteiger partial charge in [-0.05, 0) is 26.0 Å². The summed E-state index contributed by atoms with van der Waals surface area (Å²) in [4.78, 5) is 16.8. The summed E-state index contributed by atoms with van der Waals surface area (Å²) < 4.78 is 30.6. The number of aryl methyl sites for hydroxylation is 1. The van der Waals surface area contributed by atoms with Gasteiger partial charge in [0.05, 0.1) is 17.4 Å². The predicted octanol–water partition coefficient (Wildman–Crippen LogP) is 1.08. The lowest BCUT2D eigenvalue weighted by Crippen LogP contribution is -2.50. The van der Waals surface area contributed by atoms with Crippen LogP contribution in [0, 0.1) is 6.92 Å². The zero-order valence-electron chi connectivity index (χ0n) is 12.1. The largest absolute Gasteiger partial charge is 0.461 e.